The first-order chi connectivity index (χ1) is 18.2. The van der Waals surface area contributed by atoms with E-state index in [9.17, 15) is 18.0 Å². The molecule has 0 saturated heterocycles. The van der Waals surface area contributed by atoms with Crippen LogP contribution in [0, 0.1) is 6.92 Å². The van der Waals surface area contributed by atoms with Gasteiger partial charge in [0.2, 0.25) is 5.91 Å². The Balaban J connectivity index is 1.88. The maximum absolute atomic E-state index is 13.7. The molecule has 11 heteroatoms. The highest BCUT2D eigenvalue weighted by Crippen LogP contribution is 2.31. The Labute approximate surface area is 231 Å². The fraction of sp³-hybridized carbons (Fsp3) is 0.259. The number of anilines is 2. The molecule has 0 unspecified atom stereocenters. The Morgan fingerprint density at radius 3 is 2.37 bits per heavy atom. The molecule has 0 fully saturated rings. The molecule has 0 bridgehead atoms. The first-order valence-electron chi connectivity index (χ1n) is 11.8. The lowest BCUT2D eigenvalue weighted by Crippen LogP contribution is -2.38. The Morgan fingerprint density at radius 1 is 1.00 bits per heavy atom. The van der Waals surface area contributed by atoms with Crippen molar-refractivity contribution < 1.29 is 27.5 Å². The van der Waals surface area contributed by atoms with Crippen LogP contribution in [0.1, 0.15) is 22.3 Å². The fourth-order valence-corrected chi connectivity index (χ4v) is 5.72. The summed E-state index contributed by atoms with van der Waals surface area (Å²) in [5.41, 5.74) is 1.80. The molecule has 3 rings (SSSR count). The summed E-state index contributed by atoms with van der Waals surface area (Å²) in [5, 5.41) is 5.49. The second kappa shape index (κ2) is 13.4. The van der Waals surface area contributed by atoms with Crippen LogP contribution in [0.15, 0.2) is 76.1 Å². The number of para-hydroxylation sites is 1. The number of benzene rings is 3. The Kier molecular flexibility index (Phi) is 10.3. The Hall–Kier alpha value is -3.41. The van der Waals surface area contributed by atoms with Crippen molar-refractivity contribution in [2.45, 2.75) is 18.2 Å². The molecular weight excluding hydrogens is 574 g/mol. The third-order valence-corrected chi connectivity index (χ3v) is 7.97. The number of rotatable bonds is 12. The smallest absolute Gasteiger partial charge is 0.264 e. The van der Waals surface area contributed by atoms with E-state index in [0.29, 0.717) is 35.5 Å². The normalized spacial score (nSPS) is 11.1. The topological polar surface area (TPSA) is 114 Å². The quantitative estimate of drug-likeness (QED) is 0.297. The third kappa shape index (κ3) is 7.33. The number of carbonyl (C=O) groups is 2. The SMILES string of the molecule is COCCCNC(=O)c1ccccc1NC(=O)CN(c1ccc(C)cc1)S(=O)(=O)c1ccc(OC)c(Br)c1. The highest BCUT2D eigenvalue weighted by atomic mass is 79.9. The number of nitrogens with zero attached hydrogens (tertiary/aromatic N) is 1. The molecule has 3 aromatic rings. The van der Waals surface area contributed by atoms with E-state index in [0.717, 1.165) is 9.87 Å². The molecular formula is C27H30BrN3O6S. The number of hydrogen-bond donors (Lipinski definition) is 2. The van der Waals surface area contributed by atoms with Gasteiger partial charge >= 0.3 is 0 Å². The van der Waals surface area contributed by atoms with Crippen LogP contribution in [-0.4, -0.2) is 54.1 Å². The molecule has 0 aromatic heterocycles. The molecule has 0 spiro atoms. The minimum absolute atomic E-state index is 0.0191. The zero-order valence-electron chi connectivity index (χ0n) is 21.4. The van der Waals surface area contributed by atoms with Gasteiger partial charge in [0.05, 0.1) is 33.4 Å². The molecule has 38 heavy (non-hydrogen) atoms. The van der Waals surface area contributed by atoms with E-state index in [1.807, 2.05) is 6.92 Å². The summed E-state index contributed by atoms with van der Waals surface area (Å²) >= 11 is 3.33. The van der Waals surface area contributed by atoms with Gasteiger partial charge in [-0.3, -0.25) is 13.9 Å². The van der Waals surface area contributed by atoms with Crippen molar-refractivity contribution in [3.63, 3.8) is 0 Å². The predicted octanol–water partition coefficient (Wildman–Crippen LogP) is 4.37. The maximum Gasteiger partial charge on any atom is 0.264 e. The molecule has 0 aliphatic rings. The number of ether oxygens (including phenoxy) is 2. The van der Waals surface area contributed by atoms with E-state index < -0.39 is 22.5 Å². The van der Waals surface area contributed by atoms with Crippen molar-refractivity contribution in [3.8, 4) is 5.75 Å². The zero-order chi connectivity index (χ0) is 27.7. The van der Waals surface area contributed by atoms with Gasteiger partial charge in [0.1, 0.15) is 12.3 Å². The van der Waals surface area contributed by atoms with Gasteiger partial charge in [0, 0.05) is 20.3 Å². The Morgan fingerprint density at radius 2 is 1.71 bits per heavy atom. The molecule has 0 saturated carbocycles. The lowest BCUT2D eigenvalue weighted by atomic mass is 10.1. The number of halogens is 1. The van der Waals surface area contributed by atoms with E-state index in [1.165, 1.54) is 25.3 Å². The number of nitrogens with one attached hydrogen (secondary N) is 2. The summed E-state index contributed by atoms with van der Waals surface area (Å²) in [6.07, 6.45) is 0.640. The van der Waals surface area contributed by atoms with E-state index >= 15 is 0 Å². The lowest BCUT2D eigenvalue weighted by Gasteiger charge is -2.25. The van der Waals surface area contributed by atoms with Gasteiger partial charge < -0.3 is 20.1 Å². The number of carbonyl (C=O) groups excluding carboxylic acids is 2. The molecule has 0 aliphatic carbocycles. The van der Waals surface area contributed by atoms with Gasteiger partial charge in [-0.2, -0.15) is 0 Å². The van der Waals surface area contributed by atoms with Crippen molar-refractivity contribution in [2.75, 3.05) is 43.5 Å². The Bertz CT molecular complexity index is 1380. The van der Waals surface area contributed by atoms with Crippen molar-refractivity contribution in [1.82, 2.24) is 5.32 Å². The standard InChI is InChI=1S/C27H30BrN3O6S/c1-19-9-11-20(12-10-19)31(38(34,35)21-13-14-25(37-3)23(28)17-21)18-26(32)30-24-8-5-4-7-22(24)27(33)29-15-6-16-36-2/h4-5,7-14,17H,6,15-16,18H2,1-3H3,(H,29,33)(H,30,32). The maximum atomic E-state index is 13.7. The molecule has 2 amide bonds. The molecule has 2 N–H and O–H groups in total. The van der Waals surface area contributed by atoms with Crippen LogP contribution in [0.25, 0.3) is 0 Å². The monoisotopic (exact) mass is 603 g/mol. The minimum Gasteiger partial charge on any atom is -0.496 e. The average Bonchev–Trinajstić information content (AvgIpc) is 2.90. The molecule has 0 aliphatic heterocycles. The molecule has 3 aromatic carbocycles. The zero-order valence-corrected chi connectivity index (χ0v) is 23.8. The van der Waals surface area contributed by atoms with Gasteiger partial charge in [0.25, 0.3) is 15.9 Å². The highest BCUT2D eigenvalue weighted by Gasteiger charge is 2.28. The molecule has 202 valence electrons. The lowest BCUT2D eigenvalue weighted by molar-refractivity contribution is -0.114. The second-order valence-electron chi connectivity index (χ2n) is 8.34. The van der Waals surface area contributed by atoms with Crippen LogP contribution < -0.4 is 19.7 Å². The summed E-state index contributed by atoms with van der Waals surface area (Å²) in [6.45, 7) is 2.28. The molecule has 0 heterocycles. The summed E-state index contributed by atoms with van der Waals surface area (Å²) in [5.74, 6) is -0.495. The van der Waals surface area contributed by atoms with Crippen LogP contribution in [0.3, 0.4) is 0 Å². The second-order valence-corrected chi connectivity index (χ2v) is 11.1. The number of aryl methyl sites for hydroxylation is 1. The predicted molar refractivity (Wildman–Crippen MR) is 150 cm³/mol. The van der Waals surface area contributed by atoms with Crippen molar-refractivity contribution in [2.24, 2.45) is 0 Å². The number of methoxy groups -OCH3 is 2. The van der Waals surface area contributed by atoms with Crippen LogP contribution in [0.2, 0.25) is 0 Å². The van der Waals surface area contributed by atoms with Crippen LogP contribution in [0.4, 0.5) is 11.4 Å². The molecule has 0 atom stereocenters. The fourth-order valence-electron chi connectivity index (χ4n) is 3.58. The number of sulfonamides is 1. The van der Waals surface area contributed by atoms with E-state index in [4.69, 9.17) is 9.47 Å². The van der Waals surface area contributed by atoms with E-state index in [-0.39, 0.29) is 22.1 Å². The van der Waals surface area contributed by atoms with Crippen molar-refractivity contribution in [3.05, 3.63) is 82.3 Å². The average molecular weight is 605 g/mol. The summed E-state index contributed by atoms with van der Waals surface area (Å²) in [7, 11) is -1.09. The number of hydrogen-bond acceptors (Lipinski definition) is 6. The summed E-state index contributed by atoms with van der Waals surface area (Å²) in [4.78, 5) is 25.9. The van der Waals surface area contributed by atoms with Gasteiger partial charge in [-0.25, -0.2) is 8.42 Å². The van der Waals surface area contributed by atoms with Crippen molar-refractivity contribution >= 4 is 49.1 Å². The van der Waals surface area contributed by atoms with Crippen LogP contribution >= 0.6 is 15.9 Å². The summed E-state index contributed by atoms with van der Waals surface area (Å²) in [6, 6.07) is 17.7. The first kappa shape index (κ1) is 29.2. The molecule has 9 nitrogen and oxygen atoms in total. The third-order valence-electron chi connectivity index (χ3n) is 5.58. The van der Waals surface area contributed by atoms with Gasteiger partial charge in [0.15, 0.2) is 0 Å². The van der Waals surface area contributed by atoms with E-state index in [2.05, 4.69) is 26.6 Å². The molecule has 0 radical (unpaired) electrons. The largest absolute Gasteiger partial charge is 0.496 e. The van der Waals surface area contributed by atoms with Gasteiger partial charge in [-0.05, 0) is 71.7 Å². The van der Waals surface area contributed by atoms with Crippen molar-refractivity contribution in [1.29, 1.82) is 0 Å². The summed E-state index contributed by atoms with van der Waals surface area (Å²) < 4.78 is 39.1. The highest BCUT2D eigenvalue weighted by molar-refractivity contribution is 9.10. The minimum atomic E-state index is -4.15. The first-order valence-corrected chi connectivity index (χ1v) is 14.0. The van der Waals surface area contributed by atoms with Crippen LogP contribution in [0.5, 0.6) is 5.75 Å². The van der Waals surface area contributed by atoms with Gasteiger partial charge in [-0.15, -0.1) is 0 Å². The van der Waals surface area contributed by atoms with Crippen LogP contribution in [-0.2, 0) is 19.6 Å². The van der Waals surface area contributed by atoms with Gasteiger partial charge in [-0.1, -0.05) is 29.8 Å². The van der Waals surface area contributed by atoms with E-state index in [1.54, 1.807) is 55.6 Å². The number of amides is 2.